The SMILES string of the molecule is CCc1cccc(CC)c1NC(=O)C1c2ccccc2COc2cc(C)cc(C)c21. The van der Waals surface area contributed by atoms with E-state index in [1.807, 2.05) is 18.2 Å². The van der Waals surface area contributed by atoms with Gasteiger partial charge in [0, 0.05) is 11.3 Å². The first kappa shape index (κ1) is 20.2. The normalized spacial score (nSPS) is 14.9. The van der Waals surface area contributed by atoms with E-state index >= 15 is 0 Å². The molecule has 3 nitrogen and oxygen atoms in total. The number of nitrogens with one attached hydrogen (secondary N) is 1. The molecular weight excluding hydrogens is 370 g/mol. The maximum Gasteiger partial charge on any atom is 0.236 e. The fraction of sp³-hybridized carbons (Fsp3) is 0.296. The molecule has 1 unspecified atom stereocenters. The summed E-state index contributed by atoms with van der Waals surface area (Å²) in [5.41, 5.74) is 8.57. The van der Waals surface area contributed by atoms with Crippen LogP contribution < -0.4 is 10.1 Å². The molecule has 1 amide bonds. The number of amides is 1. The molecule has 1 N–H and O–H groups in total. The number of aryl methyl sites for hydroxylation is 4. The summed E-state index contributed by atoms with van der Waals surface area (Å²) in [5.74, 6) is 0.397. The molecule has 4 rings (SSSR count). The van der Waals surface area contributed by atoms with Crippen LogP contribution in [0.3, 0.4) is 0 Å². The topological polar surface area (TPSA) is 38.3 Å². The van der Waals surface area contributed by atoms with E-state index in [0.29, 0.717) is 6.61 Å². The van der Waals surface area contributed by atoms with E-state index in [4.69, 9.17) is 4.74 Å². The summed E-state index contributed by atoms with van der Waals surface area (Å²) in [6, 6.07) is 18.6. The second kappa shape index (κ2) is 8.35. The van der Waals surface area contributed by atoms with Gasteiger partial charge in [-0.1, -0.05) is 62.4 Å². The summed E-state index contributed by atoms with van der Waals surface area (Å²) < 4.78 is 6.18. The summed E-state index contributed by atoms with van der Waals surface area (Å²) in [7, 11) is 0. The first-order valence-corrected chi connectivity index (χ1v) is 10.8. The van der Waals surface area contributed by atoms with E-state index in [9.17, 15) is 4.79 Å². The average molecular weight is 400 g/mol. The zero-order chi connectivity index (χ0) is 21.3. The lowest BCUT2D eigenvalue weighted by atomic mass is 9.84. The lowest BCUT2D eigenvalue weighted by molar-refractivity contribution is -0.116. The molecule has 1 aliphatic rings. The Morgan fingerprint density at radius 1 is 1.00 bits per heavy atom. The number of rotatable bonds is 4. The summed E-state index contributed by atoms with van der Waals surface area (Å²) in [6.45, 7) is 8.86. The number of ether oxygens (including phenoxy) is 1. The summed E-state index contributed by atoms with van der Waals surface area (Å²) in [4.78, 5) is 13.9. The van der Waals surface area contributed by atoms with Crippen LogP contribution in [0.1, 0.15) is 58.7 Å². The molecule has 0 saturated carbocycles. The van der Waals surface area contributed by atoms with Crippen molar-refractivity contribution < 1.29 is 9.53 Å². The van der Waals surface area contributed by atoms with E-state index in [0.717, 1.165) is 52.1 Å². The van der Waals surface area contributed by atoms with E-state index < -0.39 is 5.92 Å². The van der Waals surface area contributed by atoms with Gasteiger partial charge in [-0.25, -0.2) is 0 Å². The van der Waals surface area contributed by atoms with E-state index in [1.54, 1.807) is 0 Å². The molecule has 0 fully saturated rings. The summed E-state index contributed by atoms with van der Waals surface area (Å²) >= 11 is 0. The van der Waals surface area contributed by atoms with Crippen molar-refractivity contribution in [3.63, 3.8) is 0 Å². The number of para-hydroxylation sites is 1. The molecule has 154 valence electrons. The van der Waals surface area contributed by atoms with Crippen LogP contribution in [0, 0.1) is 13.8 Å². The molecule has 0 aliphatic carbocycles. The molecule has 3 aromatic rings. The van der Waals surface area contributed by atoms with E-state index in [2.05, 4.69) is 69.4 Å². The fourth-order valence-corrected chi connectivity index (χ4v) is 4.56. The fourth-order valence-electron chi connectivity index (χ4n) is 4.56. The molecule has 30 heavy (non-hydrogen) atoms. The minimum Gasteiger partial charge on any atom is -0.489 e. The average Bonchev–Trinajstić information content (AvgIpc) is 2.91. The van der Waals surface area contributed by atoms with Crippen LogP contribution >= 0.6 is 0 Å². The van der Waals surface area contributed by atoms with Crippen LogP contribution in [0.2, 0.25) is 0 Å². The van der Waals surface area contributed by atoms with Crippen LogP contribution in [0.4, 0.5) is 5.69 Å². The van der Waals surface area contributed by atoms with Gasteiger partial charge in [0.05, 0.1) is 5.92 Å². The molecule has 0 spiro atoms. The van der Waals surface area contributed by atoms with Crippen molar-refractivity contribution in [2.24, 2.45) is 0 Å². The zero-order valence-corrected chi connectivity index (χ0v) is 18.2. The third-order valence-corrected chi connectivity index (χ3v) is 6.04. The number of carbonyl (C=O) groups is 1. The van der Waals surface area contributed by atoms with Crippen molar-refractivity contribution in [1.29, 1.82) is 0 Å². The number of hydrogen-bond acceptors (Lipinski definition) is 2. The third kappa shape index (κ3) is 3.60. The third-order valence-electron chi connectivity index (χ3n) is 6.04. The van der Waals surface area contributed by atoms with Gasteiger partial charge >= 0.3 is 0 Å². The van der Waals surface area contributed by atoms with Crippen molar-refractivity contribution >= 4 is 11.6 Å². The summed E-state index contributed by atoms with van der Waals surface area (Å²) in [6.07, 6.45) is 1.76. The van der Waals surface area contributed by atoms with Gasteiger partial charge in [-0.05, 0) is 66.1 Å². The predicted octanol–water partition coefficient (Wildman–Crippen LogP) is 6.09. The minimum atomic E-state index is -0.408. The number of fused-ring (bicyclic) bond motifs is 2. The largest absolute Gasteiger partial charge is 0.489 e. The molecule has 1 heterocycles. The first-order valence-electron chi connectivity index (χ1n) is 10.8. The number of hydrogen-bond donors (Lipinski definition) is 1. The molecule has 1 aliphatic heterocycles. The summed E-state index contributed by atoms with van der Waals surface area (Å²) in [5, 5.41) is 3.31. The maximum atomic E-state index is 13.9. The monoisotopic (exact) mass is 399 g/mol. The highest BCUT2D eigenvalue weighted by Gasteiger charge is 2.32. The lowest BCUT2D eigenvalue weighted by Crippen LogP contribution is -2.24. The van der Waals surface area contributed by atoms with E-state index in [-0.39, 0.29) is 5.91 Å². The Balaban J connectivity index is 1.86. The van der Waals surface area contributed by atoms with Gasteiger partial charge in [0.1, 0.15) is 12.4 Å². The van der Waals surface area contributed by atoms with Crippen LogP contribution in [0.5, 0.6) is 5.75 Å². The van der Waals surface area contributed by atoms with Gasteiger partial charge in [-0.2, -0.15) is 0 Å². The lowest BCUT2D eigenvalue weighted by Gasteiger charge is -2.23. The standard InChI is InChI=1S/C27H29NO2/c1-5-19-11-9-12-20(6-2)26(19)28-27(29)25-22-13-8-7-10-21(22)16-30-23-15-17(3)14-18(4)24(23)25/h7-15,25H,5-6,16H2,1-4H3,(H,28,29). The van der Waals surface area contributed by atoms with Crippen LogP contribution in [0.15, 0.2) is 54.6 Å². The Labute approximate surface area is 179 Å². The highest BCUT2D eigenvalue weighted by atomic mass is 16.5. The highest BCUT2D eigenvalue weighted by Crippen LogP contribution is 2.41. The molecule has 1 atom stereocenters. The Bertz CT molecular complexity index is 1080. The van der Waals surface area contributed by atoms with Crippen molar-refractivity contribution in [3.05, 3.63) is 93.5 Å². The van der Waals surface area contributed by atoms with Crippen LogP contribution in [0.25, 0.3) is 0 Å². The van der Waals surface area contributed by atoms with Crippen molar-refractivity contribution in [2.45, 2.75) is 53.1 Å². The van der Waals surface area contributed by atoms with Gasteiger partial charge in [0.25, 0.3) is 0 Å². The van der Waals surface area contributed by atoms with Gasteiger partial charge in [0.2, 0.25) is 5.91 Å². The van der Waals surface area contributed by atoms with E-state index in [1.165, 1.54) is 11.1 Å². The second-order valence-electron chi connectivity index (χ2n) is 8.06. The maximum absolute atomic E-state index is 13.9. The van der Waals surface area contributed by atoms with Crippen molar-refractivity contribution in [1.82, 2.24) is 0 Å². The molecule has 0 bridgehead atoms. The molecule has 3 heteroatoms. The molecule has 3 aromatic carbocycles. The van der Waals surface area contributed by atoms with Gasteiger partial charge in [0.15, 0.2) is 0 Å². The molecule has 0 radical (unpaired) electrons. The Hall–Kier alpha value is -3.07. The quantitative estimate of drug-likeness (QED) is 0.576. The Morgan fingerprint density at radius 3 is 2.40 bits per heavy atom. The van der Waals surface area contributed by atoms with Crippen LogP contribution in [-0.2, 0) is 24.2 Å². The van der Waals surface area contributed by atoms with Crippen molar-refractivity contribution in [3.8, 4) is 5.75 Å². The number of carbonyl (C=O) groups excluding carboxylic acids is 1. The molecule has 0 saturated heterocycles. The second-order valence-corrected chi connectivity index (χ2v) is 8.06. The first-order chi connectivity index (χ1) is 14.5. The number of benzene rings is 3. The molecular formula is C27H29NO2. The highest BCUT2D eigenvalue weighted by molar-refractivity contribution is 6.00. The molecule has 0 aromatic heterocycles. The van der Waals surface area contributed by atoms with Crippen molar-refractivity contribution in [2.75, 3.05) is 5.32 Å². The minimum absolute atomic E-state index is 0.00301. The van der Waals surface area contributed by atoms with Gasteiger partial charge < -0.3 is 10.1 Å². The Kier molecular flexibility index (Phi) is 5.63. The predicted molar refractivity (Wildman–Crippen MR) is 122 cm³/mol. The smallest absolute Gasteiger partial charge is 0.236 e. The van der Waals surface area contributed by atoms with Crippen LogP contribution in [-0.4, -0.2) is 5.91 Å². The Morgan fingerprint density at radius 2 is 1.70 bits per heavy atom. The van der Waals surface area contributed by atoms with Gasteiger partial charge in [-0.3, -0.25) is 4.79 Å². The number of anilines is 1. The zero-order valence-electron chi connectivity index (χ0n) is 18.2. The van der Waals surface area contributed by atoms with Gasteiger partial charge in [-0.15, -0.1) is 0 Å².